The van der Waals surface area contributed by atoms with Gasteiger partial charge in [-0.1, -0.05) is 6.92 Å². The highest BCUT2D eigenvalue weighted by molar-refractivity contribution is 6.51. The van der Waals surface area contributed by atoms with Gasteiger partial charge in [0.25, 0.3) is 11.7 Å². The maximum absolute atomic E-state index is 11.6. The number of carbonyl (C=O) groups is 2. The van der Waals surface area contributed by atoms with E-state index in [0.29, 0.717) is 17.3 Å². The first-order valence-electron chi connectivity index (χ1n) is 7.55. The normalized spacial score (nSPS) is 21.5. The lowest BCUT2D eigenvalue weighted by Gasteiger charge is -2.29. The fourth-order valence-corrected chi connectivity index (χ4v) is 3.31. The molecule has 0 aliphatic carbocycles. The maximum Gasteiger partial charge on any atom is 0.296 e. The number of nitrogens with zero attached hydrogens (tertiary/aromatic N) is 2. The first-order valence-corrected chi connectivity index (χ1v) is 7.55. The number of rotatable bonds is 4. The Kier molecular flexibility index (Phi) is 3.68. The Morgan fingerprint density at radius 3 is 2.95 bits per heavy atom. The number of likely N-dealkylation sites (N-methyl/N-ethyl adjacent to an activating group) is 2. The highest BCUT2D eigenvalue weighted by Gasteiger charge is 2.29. The van der Waals surface area contributed by atoms with Gasteiger partial charge in [0, 0.05) is 25.3 Å². The van der Waals surface area contributed by atoms with Crippen molar-refractivity contribution in [2.45, 2.75) is 25.8 Å². The summed E-state index contributed by atoms with van der Waals surface area (Å²) in [7, 11) is 2.06. The van der Waals surface area contributed by atoms with Crippen LogP contribution in [0.25, 0.3) is 0 Å². The summed E-state index contributed by atoms with van der Waals surface area (Å²) in [6.07, 6.45) is 2.50. The van der Waals surface area contributed by atoms with Crippen molar-refractivity contribution in [2.75, 3.05) is 36.9 Å². The van der Waals surface area contributed by atoms with Gasteiger partial charge in [0.2, 0.25) is 0 Å². The molecular formula is C16H21N3O2. The van der Waals surface area contributed by atoms with E-state index >= 15 is 0 Å². The number of hydrogen-bond acceptors (Lipinski definition) is 4. The summed E-state index contributed by atoms with van der Waals surface area (Å²) < 4.78 is 0. The number of ketones is 1. The van der Waals surface area contributed by atoms with Crippen LogP contribution in [0.3, 0.4) is 0 Å². The van der Waals surface area contributed by atoms with Gasteiger partial charge in [0.15, 0.2) is 0 Å². The highest BCUT2D eigenvalue weighted by atomic mass is 16.2. The van der Waals surface area contributed by atoms with E-state index in [1.807, 2.05) is 12.1 Å². The van der Waals surface area contributed by atoms with Crippen molar-refractivity contribution >= 4 is 23.1 Å². The molecular weight excluding hydrogens is 266 g/mol. The fourth-order valence-electron chi connectivity index (χ4n) is 3.31. The van der Waals surface area contributed by atoms with Gasteiger partial charge >= 0.3 is 0 Å². The Morgan fingerprint density at radius 1 is 1.38 bits per heavy atom. The predicted octanol–water partition coefficient (Wildman–Crippen LogP) is 1.74. The van der Waals surface area contributed by atoms with E-state index in [1.165, 1.54) is 19.4 Å². The molecule has 2 aliphatic rings. The minimum Gasteiger partial charge on any atom is -0.373 e. The van der Waals surface area contributed by atoms with Crippen molar-refractivity contribution in [3.8, 4) is 0 Å². The number of likely N-dealkylation sites (tertiary alicyclic amines) is 1. The summed E-state index contributed by atoms with van der Waals surface area (Å²) in [5.41, 5.74) is 2.15. The molecule has 21 heavy (non-hydrogen) atoms. The molecule has 2 heterocycles. The first-order chi connectivity index (χ1) is 10.1. The van der Waals surface area contributed by atoms with Crippen LogP contribution in [0.1, 0.15) is 30.1 Å². The Bertz CT molecular complexity index is 585. The second kappa shape index (κ2) is 5.48. The standard InChI is InChI=1S/C16H21N3O2/c1-3-19-8-4-5-12(19)10-18(2)11-6-7-13-14(9-11)17-16(21)15(13)20/h6-7,9,12H,3-5,8,10H2,1-2H3,(H,17,20,21). The third kappa shape index (κ3) is 2.53. The fraction of sp³-hybridized carbons (Fsp3) is 0.500. The molecule has 1 unspecified atom stereocenters. The molecule has 0 radical (unpaired) electrons. The van der Waals surface area contributed by atoms with E-state index in [9.17, 15) is 9.59 Å². The smallest absolute Gasteiger partial charge is 0.296 e. The minimum absolute atomic E-state index is 0.438. The van der Waals surface area contributed by atoms with E-state index in [1.54, 1.807) is 6.07 Å². The molecule has 2 aliphatic heterocycles. The number of carbonyl (C=O) groups excluding carboxylic acids is 2. The van der Waals surface area contributed by atoms with Crippen molar-refractivity contribution < 1.29 is 9.59 Å². The zero-order valence-electron chi connectivity index (χ0n) is 12.6. The molecule has 0 saturated carbocycles. The molecule has 3 rings (SSSR count). The van der Waals surface area contributed by atoms with Crippen LogP contribution in [0.2, 0.25) is 0 Å². The molecule has 0 spiro atoms. The minimum atomic E-state index is -0.530. The number of anilines is 2. The molecule has 1 fully saturated rings. The summed E-state index contributed by atoms with van der Waals surface area (Å²) in [5.74, 6) is -0.968. The molecule has 1 aromatic rings. The van der Waals surface area contributed by atoms with E-state index in [4.69, 9.17) is 0 Å². The summed E-state index contributed by atoms with van der Waals surface area (Å²) >= 11 is 0. The van der Waals surface area contributed by atoms with Crippen LogP contribution in [0.15, 0.2) is 18.2 Å². The van der Waals surface area contributed by atoms with Crippen LogP contribution >= 0.6 is 0 Å². The predicted molar refractivity (Wildman–Crippen MR) is 82.9 cm³/mol. The molecule has 5 heteroatoms. The number of amides is 1. The molecule has 1 aromatic carbocycles. The topological polar surface area (TPSA) is 52.6 Å². The molecule has 5 nitrogen and oxygen atoms in total. The second-order valence-corrected chi connectivity index (χ2v) is 5.82. The summed E-state index contributed by atoms with van der Waals surface area (Å²) in [6, 6.07) is 6.14. The quantitative estimate of drug-likeness (QED) is 0.857. The number of nitrogens with one attached hydrogen (secondary N) is 1. The van der Waals surface area contributed by atoms with Gasteiger partial charge in [-0.3, -0.25) is 14.5 Å². The SMILES string of the molecule is CCN1CCCC1CN(C)c1ccc2c(c1)NC(=O)C2=O. The summed E-state index contributed by atoms with van der Waals surface area (Å²) in [4.78, 5) is 27.7. The van der Waals surface area contributed by atoms with Gasteiger partial charge in [-0.15, -0.1) is 0 Å². The van der Waals surface area contributed by atoms with Crippen LogP contribution in [0.5, 0.6) is 0 Å². The Balaban J connectivity index is 1.74. The average Bonchev–Trinajstić information content (AvgIpc) is 3.03. The number of benzene rings is 1. The average molecular weight is 287 g/mol. The van der Waals surface area contributed by atoms with E-state index in [0.717, 1.165) is 18.8 Å². The van der Waals surface area contributed by atoms with Crippen molar-refractivity contribution in [1.82, 2.24) is 4.90 Å². The van der Waals surface area contributed by atoms with Crippen molar-refractivity contribution in [3.63, 3.8) is 0 Å². The largest absolute Gasteiger partial charge is 0.373 e. The molecule has 1 N–H and O–H groups in total. The molecule has 1 saturated heterocycles. The zero-order valence-corrected chi connectivity index (χ0v) is 12.6. The zero-order chi connectivity index (χ0) is 15.0. The highest BCUT2D eigenvalue weighted by Crippen LogP contribution is 2.28. The monoisotopic (exact) mass is 287 g/mol. The van der Waals surface area contributed by atoms with Crippen molar-refractivity contribution in [3.05, 3.63) is 23.8 Å². The van der Waals surface area contributed by atoms with Crippen LogP contribution in [-0.4, -0.2) is 49.3 Å². The molecule has 0 aromatic heterocycles. The van der Waals surface area contributed by atoms with Gasteiger partial charge in [-0.2, -0.15) is 0 Å². The lowest BCUT2D eigenvalue weighted by atomic mass is 10.1. The Hall–Kier alpha value is -1.88. The van der Waals surface area contributed by atoms with E-state index < -0.39 is 11.7 Å². The van der Waals surface area contributed by atoms with E-state index in [-0.39, 0.29) is 0 Å². The third-order valence-electron chi connectivity index (χ3n) is 4.53. The first kappa shape index (κ1) is 14.1. The van der Waals surface area contributed by atoms with Crippen LogP contribution < -0.4 is 10.2 Å². The Morgan fingerprint density at radius 2 is 2.19 bits per heavy atom. The van der Waals surface area contributed by atoms with Gasteiger partial charge in [-0.25, -0.2) is 0 Å². The van der Waals surface area contributed by atoms with Crippen LogP contribution in [-0.2, 0) is 4.79 Å². The van der Waals surface area contributed by atoms with Crippen LogP contribution in [0, 0.1) is 0 Å². The van der Waals surface area contributed by atoms with Gasteiger partial charge in [-0.05, 0) is 44.1 Å². The maximum atomic E-state index is 11.6. The van der Waals surface area contributed by atoms with Gasteiger partial charge in [0.1, 0.15) is 0 Å². The lowest BCUT2D eigenvalue weighted by molar-refractivity contribution is -0.112. The Labute approximate surface area is 124 Å². The number of hydrogen-bond donors (Lipinski definition) is 1. The number of Topliss-reactive ketones (excluding diaryl/α,β-unsaturated/α-hetero) is 1. The van der Waals surface area contributed by atoms with E-state index in [2.05, 4.69) is 29.1 Å². The third-order valence-corrected chi connectivity index (χ3v) is 4.53. The summed E-state index contributed by atoms with van der Waals surface area (Å²) in [6.45, 7) is 5.44. The molecule has 1 atom stereocenters. The molecule has 1 amide bonds. The van der Waals surface area contributed by atoms with Crippen LogP contribution in [0.4, 0.5) is 11.4 Å². The second-order valence-electron chi connectivity index (χ2n) is 5.82. The van der Waals surface area contributed by atoms with Crippen molar-refractivity contribution in [1.29, 1.82) is 0 Å². The van der Waals surface area contributed by atoms with Crippen molar-refractivity contribution in [2.24, 2.45) is 0 Å². The molecule has 0 bridgehead atoms. The van der Waals surface area contributed by atoms with Gasteiger partial charge < -0.3 is 10.2 Å². The number of fused-ring (bicyclic) bond motifs is 1. The lowest BCUT2D eigenvalue weighted by Crippen LogP contribution is -2.38. The van der Waals surface area contributed by atoms with Gasteiger partial charge in [0.05, 0.1) is 11.3 Å². The molecule has 112 valence electrons. The summed E-state index contributed by atoms with van der Waals surface area (Å²) in [5, 5.41) is 2.63.